The topological polar surface area (TPSA) is 38.0 Å². The summed E-state index contributed by atoms with van der Waals surface area (Å²) in [7, 11) is 0. The lowest BCUT2D eigenvalue weighted by molar-refractivity contribution is 0.317. The van der Waals surface area contributed by atoms with Gasteiger partial charge in [-0.1, -0.05) is 38.4 Å². The average Bonchev–Trinajstić information content (AvgIpc) is 2.41. The molecule has 2 rings (SSSR count). The Morgan fingerprint density at radius 2 is 2.16 bits per heavy atom. The Bertz CT molecular complexity index is 461. The summed E-state index contributed by atoms with van der Waals surface area (Å²) in [6.45, 7) is 2.29. The first-order valence-electron chi connectivity index (χ1n) is 6.97. The fourth-order valence-electron chi connectivity index (χ4n) is 2.87. The summed E-state index contributed by atoms with van der Waals surface area (Å²) in [6, 6.07) is 6.64. The number of rotatable bonds is 4. The fraction of sp³-hybridized carbons (Fsp3) is 0.533. The van der Waals surface area contributed by atoms with Crippen molar-refractivity contribution in [2.24, 2.45) is 11.7 Å². The van der Waals surface area contributed by atoms with Crippen molar-refractivity contribution in [2.75, 3.05) is 5.32 Å². The first-order valence-corrected chi connectivity index (χ1v) is 8.17. The van der Waals surface area contributed by atoms with Crippen LogP contribution in [0.2, 0.25) is 0 Å². The largest absolute Gasteiger partial charge is 0.389 e. The molecule has 104 valence electrons. The fourth-order valence-corrected chi connectivity index (χ4v) is 3.49. The van der Waals surface area contributed by atoms with Crippen LogP contribution in [-0.2, 0) is 0 Å². The minimum absolute atomic E-state index is 0.441. The van der Waals surface area contributed by atoms with Gasteiger partial charge in [-0.2, -0.15) is 0 Å². The molecule has 3 N–H and O–H groups in total. The zero-order valence-corrected chi connectivity index (χ0v) is 13.7. The molecule has 1 aromatic rings. The Morgan fingerprint density at radius 3 is 2.79 bits per heavy atom. The van der Waals surface area contributed by atoms with E-state index in [0.29, 0.717) is 11.0 Å². The van der Waals surface area contributed by atoms with E-state index < -0.39 is 0 Å². The zero-order chi connectivity index (χ0) is 13.8. The normalized spacial score (nSPS) is 23.1. The van der Waals surface area contributed by atoms with Crippen molar-refractivity contribution in [3.05, 3.63) is 28.2 Å². The molecule has 0 aromatic heterocycles. The lowest BCUT2D eigenvalue weighted by Crippen LogP contribution is -2.31. The SMILES string of the molecule is CCC1CCCCC1Nc1ccc(C(N)=S)cc1Br. The van der Waals surface area contributed by atoms with Gasteiger partial charge in [0.15, 0.2) is 0 Å². The Labute approximate surface area is 129 Å². The number of anilines is 1. The van der Waals surface area contributed by atoms with Crippen LogP contribution >= 0.6 is 28.1 Å². The van der Waals surface area contributed by atoms with Gasteiger partial charge in [-0.05, 0) is 52.9 Å². The molecule has 1 saturated carbocycles. The third kappa shape index (κ3) is 3.69. The van der Waals surface area contributed by atoms with Crippen molar-refractivity contribution in [3.63, 3.8) is 0 Å². The molecule has 0 aliphatic heterocycles. The van der Waals surface area contributed by atoms with Crippen molar-refractivity contribution >= 4 is 38.8 Å². The molecule has 0 bridgehead atoms. The molecule has 2 nitrogen and oxygen atoms in total. The summed E-state index contributed by atoms with van der Waals surface area (Å²) in [4.78, 5) is 0.441. The van der Waals surface area contributed by atoms with Gasteiger partial charge in [0.25, 0.3) is 0 Å². The Morgan fingerprint density at radius 1 is 1.42 bits per heavy atom. The van der Waals surface area contributed by atoms with E-state index in [-0.39, 0.29) is 0 Å². The van der Waals surface area contributed by atoms with Crippen molar-refractivity contribution < 1.29 is 0 Å². The van der Waals surface area contributed by atoms with E-state index in [2.05, 4.69) is 34.2 Å². The van der Waals surface area contributed by atoms with Crippen LogP contribution in [0, 0.1) is 5.92 Å². The van der Waals surface area contributed by atoms with Gasteiger partial charge in [0, 0.05) is 21.8 Å². The molecule has 0 saturated heterocycles. The molecular formula is C15H21BrN2S. The summed E-state index contributed by atoms with van der Waals surface area (Å²) < 4.78 is 1.04. The van der Waals surface area contributed by atoms with Gasteiger partial charge in [-0.3, -0.25) is 0 Å². The van der Waals surface area contributed by atoms with Crippen molar-refractivity contribution in [1.29, 1.82) is 0 Å². The van der Waals surface area contributed by atoms with Gasteiger partial charge in [0.1, 0.15) is 4.99 Å². The molecule has 2 unspecified atom stereocenters. The van der Waals surface area contributed by atoms with E-state index in [1.807, 2.05) is 12.1 Å². The molecule has 0 radical (unpaired) electrons. The average molecular weight is 341 g/mol. The number of nitrogens with one attached hydrogen (secondary N) is 1. The predicted octanol–water partition coefficient (Wildman–Crippen LogP) is 4.46. The first kappa shape index (κ1) is 14.8. The minimum atomic E-state index is 0.441. The lowest BCUT2D eigenvalue weighted by Gasteiger charge is -2.32. The summed E-state index contributed by atoms with van der Waals surface area (Å²) in [6.07, 6.45) is 6.56. The van der Waals surface area contributed by atoms with Crippen molar-refractivity contribution in [2.45, 2.75) is 45.1 Å². The zero-order valence-electron chi connectivity index (χ0n) is 11.3. The smallest absolute Gasteiger partial charge is 0.104 e. The Kier molecular flexibility index (Phi) is 5.22. The van der Waals surface area contributed by atoms with Crippen LogP contribution in [0.25, 0.3) is 0 Å². The highest BCUT2D eigenvalue weighted by molar-refractivity contribution is 9.10. The minimum Gasteiger partial charge on any atom is -0.389 e. The van der Waals surface area contributed by atoms with E-state index in [1.165, 1.54) is 32.1 Å². The molecule has 1 aromatic carbocycles. The molecule has 1 aliphatic carbocycles. The molecule has 19 heavy (non-hydrogen) atoms. The van der Waals surface area contributed by atoms with Crippen molar-refractivity contribution in [1.82, 2.24) is 0 Å². The van der Waals surface area contributed by atoms with Crippen molar-refractivity contribution in [3.8, 4) is 0 Å². The molecular weight excluding hydrogens is 320 g/mol. The molecule has 4 heteroatoms. The van der Waals surface area contributed by atoms with Crippen LogP contribution in [0.3, 0.4) is 0 Å². The van der Waals surface area contributed by atoms with E-state index in [0.717, 1.165) is 21.6 Å². The van der Waals surface area contributed by atoms with Gasteiger partial charge in [-0.25, -0.2) is 0 Å². The monoisotopic (exact) mass is 340 g/mol. The molecule has 1 fully saturated rings. The maximum absolute atomic E-state index is 5.65. The second kappa shape index (κ2) is 6.71. The standard InChI is InChI=1S/C15H21BrN2S/c1-2-10-5-3-4-6-13(10)18-14-8-7-11(15(17)19)9-12(14)16/h7-10,13,18H,2-6H2,1H3,(H2,17,19). The number of thiocarbonyl (C=S) groups is 1. The molecule has 2 atom stereocenters. The quantitative estimate of drug-likeness (QED) is 0.794. The van der Waals surface area contributed by atoms with Crippen LogP contribution in [0.5, 0.6) is 0 Å². The Hall–Kier alpha value is -0.610. The predicted molar refractivity (Wildman–Crippen MR) is 89.7 cm³/mol. The van der Waals surface area contributed by atoms with Gasteiger partial charge >= 0.3 is 0 Å². The molecule has 0 spiro atoms. The number of benzene rings is 1. The van der Waals surface area contributed by atoms with Crippen LogP contribution in [0.15, 0.2) is 22.7 Å². The second-order valence-corrected chi connectivity index (χ2v) is 6.56. The highest BCUT2D eigenvalue weighted by atomic mass is 79.9. The van der Waals surface area contributed by atoms with Gasteiger partial charge < -0.3 is 11.1 Å². The van der Waals surface area contributed by atoms with Crippen LogP contribution < -0.4 is 11.1 Å². The van der Waals surface area contributed by atoms with Gasteiger partial charge in [0.2, 0.25) is 0 Å². The highest BCUT2D eigenvalue weighted by Crippen LogP contribution is 2.32. The van der Waals surface area contributed by atoms with Gasteiger partial charge in [-0.15, -0.1) is 0 Å². The van der Waals surface area contributed by atoms with E-state index >= 15 is 0 Å². The molecule has 0 amide bonds. The third-order valence-electron chi connectivity index (χ3n) is 4.03. The number of halogens is 1. The summed E-state index contributed by atoms with van der Waals surface area (Å²) >= 11 is 8.61. The van der Waals surface area contributed by atoms with E-state index in [4.69, 9.17) is 18.0 Å². The first-order chi connectivity index (χ1) is 9.11. The maximum Gasteiger partial charge on any atom is 0.104 e. The molecule has 0 heterocycles. The summed E-state index contributed by atoms with van der Waals surface area (Å²) in [5, 5.41) is 3.69. The maximum atomic E-state index is 5.65. The van der Waals surface area contributed by atoms with Crippen LogP contribution in [0.1, 0.15) is 44.6 Å². The van der Waals surface area contributed by atoms with E-state index in [9.17, 15) is 0 Å². The second-order valence-electron chi connectivity index (χ2n) is 5.26. The number of hydrogen-bond donors (Lipinski definition) is 2. The van der Waals surface area contributed by atoms with Gasteiger partial charge in [0.05, 0.1) is 0 Å². The van der Waals surface area contributed by atoms with Crippen LogP contribution in [-0.4, -0.2) is 11.0 Å². The number of hydrogen-bond acceptors (Lipinski definition) is 2. The number of nitrogens with two attached hydrogens (primary N) is 1. The third-order valence-corrected chi connectivity index (χ3v) is 4.92. The molecule has 1 aliphatic rings. The summed E-state index contributed by atoms with van der Waals surface area (Å²) in [5.74, 6) is 0.788. The lowest BCUT2D eigenvalue weighted by atomic mass is 9.83. The highest BCUT2D eigenvalue weighted by Gasteiger charge is 2.23. The Balaban J connectivity index is 2.11. The summed E-state index contributed by atoms with van der Waals surface area (Å²) in [5.41, 5.74) is 7.70. The van der Waals surface area contributed by atoms with Crippen LogP contribution in [0.4, 0.5) is 5.69 Å². The van der Waals surface area contributed by atoms with E-state index in [1.54, 1.807) is 0 Å².